The topological polar surface area (TPSA) is 20.2 Å². The first kappa shape index (κ1) is 14.5. The molecule has 0 aliphatic heterocycles. The molecule has 96 valence electrons. The first-order valence-corrected chi connectivity index (χ1v) is 4.90. The smallest absolute Gasteiger partial charge is 0.382 e. The van der Waals surface area contributed by atoms with Crippen LogP contribution in [0.1, 0.15) is 11.7 Å². The van der Waals surface area contributed by atoms with Crippen molar-refractivity contribution in [2.24, 2.45) is 0 Å². The molecule has 0 bridgehead atoms. The van der Waals surface area contributed by atoms with E-state index >= 15 is 0 Å². The van der Waals surface area contributed by atoms with Gasteiger partial charge in [-0.2, -0.15) is 22.0 Å². The highest BCUT2D eigenvalue weighted by Crippen LogP contribution is 2.45. The Morgan fingerprint density at radius 2 is 1.35 bits per heavy atom. The van der Waals surface area contributed by atoms with Gasteiger partial charge in [0.15, 0.2) is 6.10 Å². The number of aliphatic hydroxyl groups excluding tert-OH is 1. The number of rotatable bonds is 2. The minimum absolute atomic E-state index is 0.149. The number of hydrogen-bond acceptors (Lipinski definition) is 1. The molecule has 1 atom stereocenters. The molecule has 1 nitrogen and oxygen atoms in total. The number of alkyl halides is 5. The molecule has 1 rings (SSSR count). The van der Waals surface area contributed by atoms with Crippen LogP contribution in [0.3, 0.4) is 0 Å². The molecule has 0 heterocycles. The quantitative estimate of drug-likeness (QED) is 0.810. The average Bonchev–Trinajstić information content (AvgIpc) is 2.13. The van der Waals surface area contributed by atoms with Gasteiger partial charge in [0, 0.05) is 10.0 Å². The Morgan fingerprint density at radius 1 is 0.941 bits per heavy atom. The highest BCUT2D eigenvalue weighted by atomic mass is 35.5. The van der Waals surface area contributed by atoms with E-state index in [1.807, 2.05) is 0 Å². The molecule has 1 unspecified atom stereocenters. The minimum atomic E-state index is -5.86. The molecule has 0 aromatic heterocycles. The lowest BCUT2D eigenvalue weighted by molar-refractivity contribution is -0.315. The zero-order valence-electron chi connectivity index (χ0n) is 7.90. The molecule has 0 saturated carbocycles. The van der Waals surface area contributed by atoms with Gasteiger partial charge in [0.05, 0.1) is 0 Å². The molecule has 1 N–H and O–H groups in total. The van der Waals surface area contributed by atoms with Crippen molar-refractivity contribution in [2.45, 2.75) is 18.2 Å². The second-order valence-electron chi connectivity index (χ2n) is 3.23. The van der Waals surface area contributed by atoms with Gasteiger partial charge in [0.2, 0.25) is 0 Å². The highest BCUT2D eigenvalue weighted by Gasteiger charge is 2.62. The summed E-state index contributed by atoms with van der Waals surface area (Å²) in [5, 5.41) is 8.75. The third-order valence-corrected chi connectivity index (χ3v) is 2.36. The molecule has 0 aliphatic rings. The van der Waals surface area contributed by atoms with Crippen LogP contribution < -0.4 is 0 Å². The van der Waals surface area contributed by atoms with Gasteiger partial charge in [-0.05, 0) is 23.8 Å². The molecule has 17 heavy (non-hydrogen) atoms. The van der Waals surface area contributed by atoms with Crippen LogP contribution in [0.25, 0.3) is 0 Å². The predicted octanol–water partition coefficient (Wildman–Crippen LogP) is 4.22. The summed E-state index contributed by atoms with van der Waals surface area (Å²) in [6.45, 7) is 0. The average molecular weight is 295 g/mol. The first-order valence-electron chi connectivity index (χ1n) is 4.14. The molecule has 0 aliphatic carbocycles. The van der Waals surface area contributed by atoms with E-state index in [9.17, 15) is 22.0 Å². The van der Waals surface area contributed by atoms with Crippen LogP contribution in [0, 0.1) is 0 Å². The lowest BCUT2D eigenvalue weighted by Crippen LogP contribution is -2.42. The summed E-state index contributed by atoms with van der Waals surface area (Å²) < 4.78 is 61.6. The summed E-state index contributed by atoms with van der Waals surface area (Å²) in [4.78, 5) is 0. The Kier molecular flexibility index (Phi) is 3.91. The van der Waals surface area contributed by atoms with Crippen LogP contribution in [-0.4, -0.2) is 17.2 Å². The third kappa shape index (κ3) is 3.00. The van der Waals surface area contributed by atoms with Crippen molar-refractivity contribution in [2.75, 3.05) is 0 Å². The number of hydrogen-bond donors (Lipinski definition) is 1. The summed E-state index contributed by atoms with van der Waals surface area (Å²) in [7, 11) is 0. The van der Waals surface area contributed by atoms with Crippen molar-refractivity contribution in [3.8, 4) is 0 Å². The molecule has 1 aromatic rings. The van der Waals surface area contributed by atoms with Gasteiger partial charge >= 0.3 is 12.1 Å². The van der Waals surface area contributed by atoms with Crippen LogP contribution in [0.5, 0.6) is 0 Å². The lowest BCUT2D eigenvalue weighted by Gasteiger charge is -2.25. The fourth-order valence-electron chi connectivity index (χ4n) is 1.10. The molecular weight excluding hydrogens is 290 g/mol. The largest absolute Gasteiger partial charge is 0.456 e. The highest BCUT2D eigenvalue weighted by molar-refractivity contribution is 6.34. The molecule has 0 radical (unpaired) electrons. The Hall–Kier alpha value is -0.590. The molecule has 1 aromatic carbocycles. The van der Waals surface area contributed by atoms with E-state index in [0.717, 1.165) is 18.2 Å². The third-order valence-electron chi connectivity index (χ3n) is 1.92. The molecule has 0 fully saturated rings. The Balaban J connectivity index is 3.16. The van der Waals surface area contributed by atoms with E-state index < -0.39 is 23.8 Å². The number of aliphatic hydroxyl groups is 1. The van der Waals surface area contributed by atoms with E-state index in [0.29, 0.717) is 0 Å². The van der Waals surface area contributed by atoms with E-state index in [-0.39, 0.29) is 10.0 Å². The zero-order chi connectivity index (χ0) is 13.4. The van der Waals surface area contributed by atoms with Crippen molar-refractivity contribution < 1.29 is 27.1 Å². The lowest BCUT2D eigenvalue weighted by atomic mass is 10.0. The standard InChI is InChI=1S/C9H5Cl2F5O/c10-5-1-4(2-6(11)3-5)7(17)8(12,13)9(14,15)16/h1-3,7,17H. The molecule has 0 saturated heterocycles. The summed E-state index contributed by atoms with van der Waals surface area (Å²) in [5.74, 6) is -5.28. The van der Waals surface area contributed by atoms with Crippen molar-refractivity contribution in [3.05, 3.63) is 33.8 Å². The van der Waals surface area contributed by atoms with Gasteiger partial charge in [-0.1, -0.05) is 23.2 Å². The normalized spacial score (nSPS) is 14.8. The van der Waals surface area contributed by atoms with Crippen LogP contribution in [-0.2, 0) is 0 Å². The molecule has 0 spiro atoms. The van der Waals surface area contributed by atoms with Gasteiger partial charge in [-0.25, -0.2) is 0 Å². The van der Waals surface area contributed by atoms with Gasteiger partial charge in [0.25, 0.3) is 0 Å². The fraction of sp³-hybridized carbons (Fsp3) is 0.333. The first-order chi connectivity index (χ1) is 7.55. The van der Waals surface area contributed by atoms with Crippen molar-refractivity contribution in [1.82, 2.24) is 0 Å². The monoisotopic (exact) mass is 294 g/mol. The summed E-state index contributed by atoms with van der Waals surface area (Å²) in [6, 6.07) is 2.72. The Morgan fingerprint density at radius 3 is 1.71 bits per heavy atom. The number of benzene rings is 1. The van der Waals surface area contributed by atoms with Gasteiger partial charge in [0.1, 0.15) is 0 Å². The Labute approximate surface area is 103 Å². The van der Waals surface area contributed by atoms with Gasteiger partial charge < -0.3 is 5.11 Å². The predicted molar refractivity (Wildman–Crippen MR) is 52.4 cm³/mol. The van der Waals surface area contributed by atoms with Crippen LogP contribution in [0.2, 0.25) is 10.0 Å². The van der Waals surface area contributed by atoms with Gasteiger partial charge in [-0.15, -0.1) is 0 Å². The van der Waals surface area contributed by atoms with E-state index in [1.54, 1.807) is 0 Å². The van der Waals surface area contributed by atoms with Crippen LogP contribution >= 0.6 is 23.2 Å². The van der Waals surface area contributed by atoms with E-state index in [2.05, 4.69) is 0 Å². The maximum absolute atomic E-state index is 12.8. The minimum Gasteiger partial charge on any atom is -0.382 e. The molecule has 0 amide bonds. The van der Waals surface area contributed by atoms with Crippen molar-refractivity contribution in [1.29, 1.82) is 0 Å². The second kappa shape index (κ2) is 4.59. The maximum atomic E-state index is 12.8. The summed E-state index contributed by atoms with van der Waals surface area (Å²) in [5.41, 5.74) is -0.704. The van der Waals surface area contributed by atoms with Crippen LogP contribution in [0.15, 0.2) is 18.2 Å². The molecule has 8 heteroatoms. The number of halogens is 7. The second-order valence-corrected chi connectivity index (χ2v) is 4.10. The summed E-state index contributed by atoms with van der Waals surface area (Å²) in [6.07, 6.45) is -8.92. The fourth-order valence-corrected chi connectivity index (χ4v) is 1.64. The zero-order valence-corrected chi connectivity index (χ0v) is 9.41. The Bertz CT molecular complexity index is 398. The van der Waals surface area contributed by atoms with E-state index in [1.165, 1.54) is 0 Å². The maximum Gasteiger partial charge on any atom is 0.456 e. The van der Waals surface area contributed by atoms with Gasteiger partial charge in [-0.3, -0.25) is 0 Å². The molecular formula is C9H5Cl2F5O. The SMILES string of the molecule is OC(c1cc(Cl)cc(Cl)c1)C(F)(F)C(F)(F)F. The van der Waals surface area contributed by atoms with E-state index in [4.69, 9.17) is 28.3 Å². The van der Waals surface area contributed by atoms with Crippen molar-refractivity contribution >= 4 is 23.2 Å². The summed E-state index contributed by atoms with van der Waals surface area (Å²) >= 11 is 10.9. The van der Waals surface area contributed by atoms with Crippen molar-refractivity contribution in [3.63, 3.8) is 0 Å². The van der Waals surface area contributed by atoms with Crippen LogP contribution in [0.4, 0.5) is 22.0 Å².